The zero-order valence-electron chi connectivity index (χ0n) is 18.7. The predicted molar refractivity (Wildman–Crippen MR) is 120 cm³/mol. The molecule has 2 N–H and O–H groups in total. The summed E-state index contributed by atoms with van der Waals surface area (Å²) in [6, 6.07) is 7.73. The van der Waals surface area contributed by atoms with Crippen molar-refractivity contribution in [1.82, 2.24) is 10.3 Å². The van der Waals surface area contributed by atoms with Gasteiger partial charge in [-0.2, -0.15) is 0 Å². The lowest BCUT2D eigenvalue weighted by Gasteiger charge is -2.32. The SMILES string of the molecule is Cc1cccc2c1C(C)(C)C(=O)N2CC1CCC(NC(=O)c2cc(O)cnc2C)CC1. The van der Waals surface area contributed by atoms with Crippen molar-refractivity contribution in [2.75, 3.05) is 11.4 Å². The number of nitrogens with zero attached hydrogens (tertiary/aromatic N) is 2. The van der Waals surface area contributed by atoms with Crippen LogP contribution in [0.4, 0.5) is 5.69 Å². The van der Waals surface area contributed by atoms with Crippen molar-refractivity contribution >= 4 is 17.5 Å². The third-order valence-electron chi connectivity index (χ3n) is 6.89. The molecular formula is C25H31N3O3. The fourth-order valence-electron chi connectivity index (χ4n) is 5.19. The lowest BCUT2D eigenvalue weighted by atomic mass is 9.83. The Labute approximate surface area is 183 Å². The number of rotatable bonds is 4. The van der Waals surface area contributed by atoms with Gasteiger partial charge in [-0.25, -0.2) is 0 Å². The van der Waals surface area contributed by atoms with Crippen molar-refractivity contribution in [3.63, 3.8) is 0 Å². The number of hydrogen-bond donors (Lipinski definition) is 2. The molecule has 6 heteroatoms. The van der Waals surface area contributed by atoms with Crippen LogP contribution in [0.25, 0.3) is 0 Å². The topological polar surface area (TPSA) is 82.5 Å². The molecule has 1 aromatic carbocycles. The zero-order valence-corrected chi connectivity index (χ0v) is 18.7. The molecule has 6 nitrogen and oxygen atoms in total. The van der Waals surface area contributed by atoms with E-state index >= 15 is 0 Å². The molecule has 164 valence electrons. The Morgan fingerprint density at radius 2 is 1.94 bits per heavy atom. The quantitative estimate of drug-likeness (QED) is 0.781. The van der Waals surface area contributed by atoms with Crippen molar-refractivity contribution in [3.05, 3.63) is 52.8 Å². The largest absolute Gasteiger partial charge is 0.506 e. The fourth-order valence-corrected chi connectivity index (χ4v) is 5.19. The molecule has 2 aliphatic rings. The average molecular weight is 422 g/mol. The van der Waals surface area contributed by atoms with E-state index in [0.717, 1.165) is 43.5 Å². The summed E-state index contributed by atoms with van der Waals surface area (Å²) in [4.78, 5) is 31.8. The van der Waals surface area contributed by atoms with Crippen molar-refractivity contribution in [1.29, 1.82) is 0 Å². The molecule has 31 heavy (non-hydrogen) atoms. The van der Waals surface area contributed by atoms with E-state index in [1.54, 1.807) is 6.92 Å². The molecule has 1 aliphatic carbocycles. The van der Waals surface area contributed by atoms with Crippen LogP contribution in [-0.4, -0.2) is 34.5 Å². The second kappa shape index (κ2) is 7.98. The van der Waals surface area contributed by atoms with E-state index in [1.165, 1.54) is 17.8 Å². The Bertz CT molecular complexity index is 1020. The third kappa shape index (κ3) is 3.91. The van der Waals surface area contributed by atoms with Crippen molar-refractivity contribution in [2.45, 2.75) is 64.8 Å². The molecule has 2 amide bonds. The summed E-state index contributed by atoms with van der Waals surface area (Å²) in [7, 11) is 0. The fraction of sp³-hybridized carbons (Fsp3) is 0.480. The van der Waals surface area contributed by atoms with Gasteiger partial charge in [0.05, 0.1) is 22.9 Å². The van der Waals surface area contributed by atoms with E-state index in [-0.39, 0.29) is 23.6 Å². The number of aryl methyl sites for hydroxylation is 2. The van der Waals surface area contributed by atoms with E-state index in [2.05, 4.69) is 29.4 Å². The second-order valence-electron chi connectivity index (χ2n) is 9.53. The maximum atomic E-state index is 13.2. The van der Waals surface area contributed by atoms with Gasteiger partial charge in [-0.1, -0.05) is 12.1 Å². The highest BCUT2D eigenvalue weighted by Gasteiger charge is 2.45. The number of fused-ring (bicyclic) bond motifs is 1. The number of benzene rings is 1. The molecule has 0 bridgehead atoms. The zero-order chi connectivity index (χ0) is 22.3. The standard InChI is InChI=1S/C25H31N3O3/c1-15-6-5-7-21-22(15)25(3,4)24(31)28(21)14-17-8-10-18(11-9-17)27-23(30)20-12-19(29)13-26-16(20)2/h5-7,12-13,17-18,29H,8-11,14H2,1-4H3,(H,27,30). The van der Waals surface area contributed by atoms with Gasteiger partial charge in [-0.05, 0) is 82.6 Å². The van der Waals surface area contributed by atoms with Gasteiger partial charge >= 0.3 is 0 Å². The molecule has 1 aromatic heterocycles. The molecular weight excluding hydrogens is 390 g/mol. The molecule has 1 fully saturated rings. The molecule has 1 aliphatic heterocycles. The predicted octanol–water partition coefficient (Wildman–Crippen LogP) is 4.02. The summed E-state index contributed by atoms with van der Waals surface area (Å²) in [6.07, 6.45) is 5.04. The first-order valence-electron chi connectivity index (χ1n) is 11.1. The molecule has 4 rings (SSSR count). The van der Waals surface area contributed by atoms with Crippen LogP contribution in [0, 0.1) is 19.8 Å². The number of amides is 2. The first kappa shape index (κ1) is 21.3. The summed E-state index contributed by atoms with van der Waals surface area (Å²) in [5, 5.41) is 12.7. The smallest absolute Gasteiger partial charge is 0.253 e. The molecule has 0 unspecified atom stereocenters. The maximum Gasteiger partial charge on any atom is 0.253 e. The van der Waals surface area contributed by atoms with Crippen molar-refractivity contribution in [3.8, 4) is 5.75 Å². The van der Waals surface area contributed by atoms with Crippen LogP contribution in [-0.2, 0) is 10.2 Å². The van der Waals surface area contributed by atoms with Gasteiger partial charge in [0.2, 0.25) is 5.91 Å². The van der Waals surface area contributed by atoms with Gasteiger partial charge in [-0.3, -0.25) is 14.6 Å². The second-order valence-corrected chi connectivity index (χ2v) is 9.53. The van der Waals surface area contributed by atoms with Gasteiger partial charge in [-0.15, -0.1) is 0 Å². The summed E-state index contributed by atoms with van der Waals surface area (Å²) < 4.78 is 0. The van der Waals surface area contributed by atoms with Gasteiger partial charge in [0.15, 0.2) is 0 Å². The molecule has 0 saturated heterocycles. The van der Waals surface area contributed by atoms with Crippen LogP contribution in [0.15, 0.2) is 30.5 Å². The minimum absolute atomic E-state index is 0.00631. The van der Waals surface area contributed by atoms with Gasteiger partial charge in [0, 0.05) is 18.3 Å². The highest BCUT2D eigenvalue weighted by Crippen LogP contribution is 2.44. The van der Waals surface area contributed by atoms with Crippen LogP contribution < -0.4 is 10.2 Å². The maximum absolute atomic E-state index is 13.2. The van der Waals surface area contributed by atoms with Crippen LogP contribution in [0.3, 0.4) is 0 Å². The van der Waals surface area contributed by atoms with Crippen LogP contribution >= 0.6 is 0 Å². The number of hydrogen-bond acceptors (Lipinski definition) is 4. The molecule has 0 spiro atoms. The van der Waals surface area contributed by atoms with E-state index < -0.39 is 5.41 Å². The van der Waals surface area contributed by atoms with Crippen molar-refractivity contribution in [2.24, 2.45) is 5.92 Å². The number of carbonyl (C=O) groups excluding carboxylic acids is 2. The minimum atomic E-state index is -0.487. The summed E-state index contributed by atoms with van der Waals surface area (Å²) >= 11 is 0. The van der Waals surface area contributed by atoms with E-state index in [0.29, 0.717) is 17.2 Å². The van der Waals surface area contributed by atoms with E-state index in [9.17, 15) is 14.7 Å². The molecule has 2 aromatic rings. The van der Waals surface area contributed by atoms with Gasteiger partial charge in [0.25, 0.3) is 5.91 Å². The van der Waals surface area contributed by atoms with Crippen LogP contribution in [0.5, 0.6) is 5.75 Å². The Kier molecular flexibility index (Phi) is 5.50. The average Bonchev–Trinajstić information content (AvgIpc) is 2.92. The third-order valence-corrected chi connectivity index (χ3v) is 6.89. The minimum Gasteiger partial charge on any atom is -0.506 e. The van der Waals surface area contributed by atoms with Crippen LogP contribution in [0.1, 0.15) is 66.7 Å². The number of carbonyl (C=O) groups is 2. The first-order valence-corrected chi connectivity index (χ1v) is 11.1. The highest BCUT2D eigenvalue weighted by molar-refractivity contribution is 6.08. The van der Waals surface area contributed by atoms with E-state index in [4.69, 9.17) is 0 Å². The normalized spacial score (nSPS) is 22.3. The summed E-state index contributed by atoms with van der Waals surface area (Å²) in [5.41, 5.74) is 3.90. The van der Waals surface area contributed by atoms with Gasteiger partial charge < -0.3 is 15.3 Å². The Morgan fingerprint density at radius 3 is 2.65 bits per heavy atom. The molecule has 1 saturated carbocycles. The Balaban J connectivity index is 1.38. The number of anilines is 1. The number of nitrogens with one attached hydrogen (secondary N) is 1. The van der Waals surface area contributed by atoms with Gasteiger partial charge in [0.1, 0.15) is 5.75 Å². The number of pyridine rings is 1. The Hall–Kier alpha value is -2.89. The highest BCUT2D eigenvalue weighted by atomic mass is 16.3. The lowest BCUT2D eigenvalue weighted by molar-refractivity contribution is -0.122. The number of aromatic nitrogens is 1. The monoisotopic (exact) mass is 421 g/mol. The molecule has 0 atom stereocenters. The molecule has 2 heterocycles. The lowest BCUT2D eigenvalue weighted by Crippen LogP contribution is -2.42. The Morgan fingerprint density at radius 1 is 1.23 bits per heavy atom. The van der Waals surface area contributed by atoms with Crippen LogP contribution in [0.2, 0.25) is 0 Å². The van der Waals surface area contributed by atoms with Crippen molar-refractivity contribution < 1.29 is 14.7 Å². The first-order chi connectivity index (χ1) is 14.7. The molecule has 0 radical (unpaired) electrons. The summed E-state index contributed by atoms with van der Waals surface area (Å²) in [5.74, 6) is 0.404. The number of aromatic hydroxyl groups is 1. The summed E-state index contributed by atoms with van der Waals surface area (Å²) in [6.45, 7) is 8.61. The van der Waals surface area contributed by atoms with E-state index in [1.807, 2.05) is 24.8 Å².